The third-order valence-corrected chi connectivity index (χ3v) is 8.19. The second-order valence-corrected chi connectivity index (χ2v) is 12.3. The molecular formula is C28H30ClN5O2S. The van der Waals surface area contributed by atoms with E-state index >= 15 is 0 Å². The molecule has 3 aromatic heterocycles. The minimum atomic E-state index is -0.375. The van der Waals surface area contributed by atoms with Gasteiger partial charge in [-0.05, 0) is 54.7 Å². The molecule has 0 spiro atoms. The summed E-state index contributed by atoms with van der Waals surface area (Å²) in [4.78, 5) is 33.5. The summed E-state index contributed by atoms with van der Waals surface area (Å²) in [5.41, 5.74) is 1.56. The summed E-state index contributed by atoms with van der Waals surface area (Å²) in [6, 6.07) is 5.91. The molecule has 192 valence electrons. The molecule has 3 atom stereocenters. The van der Waals surface area contributed by atoms with Crippen molar-refractivity contribution in [2.24, 2.45) is 17.3 Å². The number of anilines is 1. The number of carbonyl (C=O) groups excluding carboxylic acids is 2. The molecule has 1 saturated heterocycles. The Morgan fingerprint density at radius 3 is 2.51 bits per heavy atom. The van der Waals surface area contributed by atoms with Crippen LogP contribution in [-0.4, -0.2) is 44.6 Å². The number of amides is 2. The molecule has 0 aromatic carbocycles. The Hall–Kier alpha value is -3.15. The van der Waals surface area contributed by atoms with Crippen LogP contribution in [-0.2, 0) is 4.79 Å². The first-order chi connectivity index (χ1) is 17.6. The van der Waals surface area contributed by atoms with Gasteiger partial charge in [-0.25, -0.2) is 4.98 Å². The van der Waals surface area contributed by atoms with E-state index in [0.717, 1.165) is 41.9 Å². The standard InChI is InChI=1S/C28H30ClN5O2S/c1-17-10-18(7-8-22-6-5-9-37-22)13-30-25(17)32-26(35)24-23(29)14-31-34(24)21-11-19-15-33(16-20(19)12-21)27(36)28(2,3)4/h5-6,9-10,13-14,19-21H,11-12,15-16H2,1-4H3,(H,30,32,35)/t19-,20+,21?. The smallest absolute Gasteiger partial charge is 0.276 e. The van der Waals surface area contributed by atoms with Crippen molar-refractivity contribution >= 4 is 40.6 Å². The Morgan fingerprint density at radius 2 is 1.89 bits per heavy atom. The molecule has 1 unspecified atom stereocenters. The van der Waals surface area contributed by atoms with Crippen molar-refractivity contribution in [3.05, 3.63) is 62.7 Å². The average Bonchev–Trinajstić information content (AvgIpc) is 3.61. The fourth-order valence-electron chi connectivity index (χ4n) is 5.36. The monoisotopic (exact) mass is 535 g/mol. The van der Waals surface area contributed by atoms with Gasteiger partial charge in [0.05, 0.1) is 22.1 Å². The predicted molar refractivity (Wildman–Crippen MR) is 146 cm³/mol. The highest BCUT2D eigenvalue weighted by Crippen LogP contribution is 2.45. The third kappa shape index (κ3) is 5.29. The first kappa shape index (κ1) is 25.5. The Kier molecular flexibility index (Phi) is 6.86. The van der Waals surface area contributed by atoms with Crippen LogP contribution in [0.15, 0.2) is 36.0 Å². The first-order valence-corrected chi connectivity index (χ1v) is 13.7. The van der Waals surface area contributed by atoms with Gasteiger partial charge in [0, 0.05) is 30.3 Å². The average molecular weight is 536 g/mol. The number of hydrogen-bond donors (Lipinski definition) is 1. The largest absolute Gasteiger partial charge is 0.342 e. The van der Waals surface area contributed by atoms with Gasteiger partial charge in [-0.15, -0.1) is 11.3 Å². The van der Waals surface area contributed by atoms with E-state index in [-0.39, 0.29) is 23.3 Å². The number of nitrogens with one attached hydrogen (secondary N) is 1. The number of hydrogen-bond acceptors (Lipinski definition) is 5. The summed E-state index contributed by atoms with van der Waals surface area (Å²) in [5, 5.41) is 9.68. The van der Waals surface area contributed by atoms with Gasteiger partial charge in [0.25, 0.3) is 5.91 Å². The molecule has 1 saturated carbocycles. The molecule has 2 amide bonds. The first-order valence-electron chi connectivity index (χ1n) is 12.5. The van der Waals surface area contributed by atoms with Crippen LogP contribution in [0.4, 0.5) is 5.82 Å². The summed E-state index contributed by atoms with van der Waals surface area (Å²) >= 11 is 8.03. The summed E-state index contributed by atoms with van der Waals surface area (Å²) in [5.74, 6) is 7.38. The van der Waals surface area contributed by atoms with E-state index in [4.69, 9.17) is 11.6 Å². The van der Waals surface area contributed by atoms with Gasteiger partial charge in [0.1, 0.15) is 11.5 Å². The maximum atomic E-state index is 13.3. The molecule has 37 heavy (non-hydrogen) atoms. The third-order valence-electron chi connectivity index (χ3n) is 7.13. The van der Waals surface area contributed by atoms with Crippen molar-refractivity contribution in [3.63, 3.8) is 0 Å². The van der Waals surface area contributed by atoms with Gasteiger partial charge in [0.2, 0.25) is 5.91 Å². The zero-order chi connectivity index (χ0) is 26.3. The van der Waals surface area contributed by atoms with E-state index in [1.54, 1.807) is 22.2 Å². The molecule has 0 bridgehead atoms. The summed E-state index contributed by atoms with van der Waals surface area (Å²) in [7, 11) is 0. The number of aromatic nitrogens is 3. The van der Waals surface area contributed by atoms with Crippen LogP contribution in [0, 0.1) is 36.0 Å². The molecule has 2 fully saturated rings. The quantitative estimate of drug-likeness (QED) is 0.455. The number of likely N-dealkylation sites (tertiary alicyclic amines) is 1. The summed E-state index contributed by atoms with van der Waals surface area (Å²) in [6.07, 6.45) is 4.92. The Balaban J connectivity index is 1.27. The van der Waals surface area contributed by atoms with Gasteiger partial charge in [0.15, 0.2) is 0 Å². The second-order valence-electron chi connectivity index (χ2n) is 11.0. The number of nitrogens with zero attached hydrogens (tertiary/aromatic N) is 4. The van der Waals surface area contributed by atoms with Crippen molar-refractivity contribution in [2.75, 3.05) is 18.4 Å². The maximum Gasteiger partial charge on any atom is 0.276 e. The van der Waals surface area contributed by atoms with Gasteiger partial charge in [-0.2, -0.15) is 5.10 Å². The molecule has 1 N–H and O–H groups in total. The van der Waals surface area contributed by atoms with E-state index in [2.05, 4.69) is 27.2 Å². The van der Waals surface area contributed by atoms with Crippen molar-refractivity contribution in [1.29, 1.82) is 0 Å². The van der Waals surface area contributed by atoms with Crippen molar-refractivity contribution < 1.29 is 9.59 Å². The van der Waals surface area contributed by atoms with Crippen LogP contribution in [0.25, 0.3) is 0 Å². The zero-order valence-corrected chi connectivity index (χ0v) is 23.0. The molecule has 5 rings (SSSR count). The summed E-state index contributed by atoms with van der Waals surface area (Å²) < 4.78 is 1.77. The predicted octanol–water partition coefficient (Wildman–Crippen LogP) is 5.41. The Morgan fingerprint density at radius 1 is 1.16 bits per heavy atom. The van der Waals surface area contributed by atoms with Crippen molar-refractivity contribution in [2.45, 2.75) is 46.6 Å². The number of carbonyl (C=O) groups is 2. The molecule has 4 heterocycles. The van der Waals surface area contributed by atoms with Crippen LogP contribution in [0.3, 0.4) is 0 Å². The second kappa shape index (κ2) is 9.96. The minimum Gasteiger partial charge on any atom is -0.342 e. The Bertz CT molecular complexity index is 1380. The lowest BCUT2D eigenvalue weighted by molar-refractivity contribution is -0.138. The van der Waals surface area contributed by atoms with E-state index < -0.39 is 0 Å². The van der Waals surface area contributed by atoms with Gasteiger partial charge in [-0.1, -0.05) is 50.3 Å². The number of thiophene rings is 1. The van der Waals surface area contributed by atoms with Crippen LogP contribution in [0.1, 0.15) is 66.1 Å². The molecule has 9 heteroatoms. The lowest BCUT2D eigenvalue weighted by atomic mass is 9.95. The number of pyridine rings is 1. The molecule has 7 nitrogen and oxygen atoms in total. The van der Waals surface area contributed by atoms with Gasteiger partial charge in [-0.3, -0.25) is 14.3 Å². The van der Waals surface area contributed by atoms with Crippen LogP contribution in [0.5, 0.6) is 0 Å². The maximum absolute atomic E-state index is 13.3. The molecule has 2 aliphatic rings. The highest BCUT2D eigenvalue weighted by Gasteiger charge is 2.45. The molecular weight excluding hydrogens is 506 g/mol. The zero-order valence-electron chi connectivity index (χ0n) is 21.4. The van der Waals surface area contributed by atoms with Crippen LogP contribution >= 0.6 is 22.9 Å². The van der Waals surface area contributed by atoms with Crippen LogP contribution < -0.4 is 5.32 Å². The molecule has 1 aliphatic carbocycles. The lowest BCUT2D eigenvalue weighted by Crippen LogP contribution is -2.38. The van der Waals surface area contributed by atoms with E-state index in [1.807, 2.05) is 56.2 Å². The normalized spacial score (nSPS) is 20.9. The molecule has 3 aromatic rings. The van der Waals surface area contributed by atoms with Gasteiger partial charge >= 0.3 is 0 Å². The highest BCUT2D eigenvalue weighted by molar-refractivity contribution is 7.10. The molecule has 1 aliphatic heterocycles. The van der Waals surface area contributed by atoms with Crippen LogP contribution in [0.2, 0.25) is 5.02 Å². The topological polar surface area (TPSA) is 80.1 Å². The fourth-order valence-corrected chi connectivity index (χ4v) is 6.15. The van der Waals surface area contributed by atoms with Crippen molar-refractivity contribution in [1.82, 2.24) is 19.7 Å². The SMILES string of the molecule is Cc1cc(C#Cc2cccs2)cnc1NC(=O)c1c(Cl)cnn1C1C[C@@H]2CN(C(=O)C(C)(C)C)C[C@@H]2C1. The highest BCUT2D eigenvalue weighted by atomic mass is 35.5. The number of aryl methyl sites for hydroxylation is 1. The molecule has 0 radical (unpaired) electrons. The van der Waals surface area contributed by atoms with E-state index in [1.165, 1.54) is 6.20 Å². The van der Waals surface area contributed by atoms with Crippen molar-refractivity contribution in [3.8, 4) is 11.8 Å². The van der Waals surface area contributed by atoms with E-state index in [9.17, 15) is 9.59 Å². The number of halogens is 1. The van der Waals surface area contributed by atoms with Gasteiger partial charge < -0.3 is 10.2 Å². The summed E-state index contributed by atoms with van der Waals surface area (Å²) in [6.45, 7) is 9.31. The Labute approximate surface area is 226 Å². The number of rotatable bonds is 3. The number of fused-ring (bicyclic) bond motifs is 1. The fraction of sp³-hybridized carbons (Fsp3) is 0.429. The van der Waals surface area contributed by atoms with E-state index in [0.29, 0.717) is 28.4 Å². The minimum absolute atomic E-state index is 0.0686. The lowest BCUT2D eigenvalue weighted by Gasteiger charge is -2.27.